The second kappa shape index (κ2) is 4.50. The Bertz CT molecular complexity index is 428. The zero-order valence-electron chi connectivity index (χ0n) is 8.69. The molecule has 2 rings (SSSR count). The van der Waals surface area contributed by atoms with Gasteiger partial charge in [0, 0.05) is 6.07 Å². The fourth-order valence-electron chi connectivity index (χ4n) is 1.88. The Balaban J connectivity index is 2.11. The summed E-state index contributed by atoms with van der Waals surface area (Å²) in [4.78, 5) is 0. The van der Waals surface area contributed by atoms with E-state index < -0.39 is 11.9 Å². The molecule has 16 heavy (non-hydrogen) atoms. The average molecular weight is 221 g/mol. The molecule has 0 bridgehead atoms. The maximum atomic E-state index is 13.3. The summed E-state index contributed by atoms with van der Waals surface area (Å²) in [5.74, 6) is -0.227. The van der Waals surface area contributed by atoms with Gasteiger partial charge in [0.2, 0.25) is 0 Å². The van der Waals surface area contributed by atoms with Crippen LogP contribution >= 0.6 is 0 Å². The first-order valence-corrected chi connectivity index (χ1v) is 5.25. The molecule has 1 saturated carbocycles. The number of hydrogen-bond acceptors (Lipinski definition) is 3. The molecule has 1 aliphatic carbocycles. The van der Waals surface area contributed by atoms with Crippen molar-refractivity contribution in [3.8, 4) is 11.8 Å². The summed E-state index contributed by atoms with van der Waals surface area (Å²) in [6, 6.07) is 5.86. The monoisotopic (exact) mass is 221 g/mol. The predicted octanol–water partition coefficient (Wildman–Crippen LogP) is 1.99. The van der Waals surface area contributed by atoms with Gasteiger partial charge in [0.1, 0.15) is 23.7 Å². The van der Waals surface area contributed by atoms with Gasteiger partial charge in [-0.3, -0.25) is 0 Å². The first-order chi connectivity index (χ1) is 7.70. The zero-order valence-corrected chi connectivity index (χ0v) is 8.69. The van der Waals surface area contributed by atoms with E-state index in [1.807, 2.05) is 0 Å². The summed E-state index contributed by atoms with van der Waals surface area (Å²) in [6.07, 6.45) is 1.70. The SMILES string of the molecule is N#Cc1ccc(OC2CCCC2O)cc1F. The van der Waals surface area contributed by atoms with Gasteiger partial charge in [0.15, 0.2) is 0 Å². The third-order valence-corrected chi connectivity index (χ3v) is 2.77. The van der Waals surface area contributed by atoms with Crippen LogP contribution in [0.15, 0.2) is 18.2 Å². The van der Waals surface area contributed by atoms with E-state index in [0.717, 1.165) is 19.3 Å². The Morgan fingerprint density at radius 2 is 2.25 bits per heavy atom. The molecule has 84 valence electrons. The summed E-state index contributed by atoms with van der Waals surface area (Å²) in [6.45, 7) is 0. The molecular formula is C12H12FNO2. The van der Waals surface area contributed by atoms with Crippen molar-refractivity contribution in [2.45, 2.75) is 31.5 Å². The molecule has 0 saturated heterocycles. The highest BCUT2D eigenvalue weighted by Gasteiger charge is 2.26. The van der Waals surface area contributed by atoms with Crippen molar-refractivity contribution in [1.29, 1.82) is 5.26 Å². The van der Waals surface area contributed by atoms with Gasteiger partial charge in [0.25, 0.3) is 0 Å². The zero-order chi connectivity index (χ0) is 11.5. The number of benzene rings is 1. The molecule has 0 heterocycles. The Morgan fingerprint density at radius 3 is 2.81 bits per heavy atom. The number of hydrogen-bond donors (Lipinski definition) is 1. The standard InChI is InChI=1S/C12H12FNO2/c13-10-6-9(5-4-8(10)7-14)16-12-3-1-2-11(12)15/h4-6,11-12,15H,1-3H2. The highest BCUT2D eigenvalue weighted by molar-refractivity contribution is 5.36. The molecule has 1 aromatic rings. The molecule has 0 spiro atoms. The maximum Gasteiger partial charge on any atom is 0.144 e. The Labute approximate surface area is 93.1 Å². The Kier molecular flexibility index (Phi) is 3.07. The molecular weight excluding hydrogens is 209 g/mol. The van der Waals surface area contributed by atoms with Crippen molar-refractivity contribution >= 4 is 0 Å². The van der Waals surface area contributed by atoms with E-state index in [2.05, 4.69) is 0 Å². The summed E-state index contributed by atoms with van der Waals surface area (Å²) >= 11 is 0. The lowest BCUT2D eigenvalue weighted by Gasteiger charge is -2.17. The van der Waals surface area contributed by atoms with Gasteiger partial charge >= 0.3 is 0 Å². The van der Waals surface area contributed by atoms with E-state index in [4.69, 9.17) is 10.00 Å². The van der Waals surface area contributed by atoms with Crippen LogP contribution < -0.4 is 4.74 Å². The quantitative estimate of drug-likeness (QED) is 0.830. The van der Waals surface area contributed by atoms with E-state index in [-0.39, 0.29) is 11.7 Å². The van der Waals surface area contributed by atoms with Crippen LogP contribution in [0.4, 0.5) is 4.39 Å². The molecule has 0 radical (unpaired) electrons. The minimum Gasteiger partial charge on any atom is -0.488 e. The third kappa shape index (κ3) is 2.15. The number of ether oxygens (including phenoxy) is 1. The minimum absolute atomic E-state index is 0.000629. The second-order valence-electron chi connectivity index (χ2n) is 3.91. The van der Waals surface area contributed by atoms with E-state index in [1.165, 1.54) is 12.1 Å². The lowest BCUT2D eigenvalue weighted by Crippen LogP contribution is -2.25. The number of rotatable bonds is 2. The lowest BCUT2D eigenvalue weighted by atomic mass is 10.2. The third-order valence-electron chi connectivity index (χ3n) is 2.77. The molecule has 4 heteroatoms. The fraction of sp³-hybridized carbons (Fsp3) is 0.417. The number of nitrogens with zero attached hydrogens (tertiary/aromatic N) is 1. The Hall–Kier alpha value is -1.60. The highest BCUT2D eigenvalue weighted by atomic mass is 19.1. The maximum absolute atomic E-state index is 13.3. The predicted molar refractivity (Wildman–Crippen MR) is 55.4 cm³/mol. The highest BCUT2D eigenvalue weighted by Crippen LogP contribution is 2.25. The van der Waals surface area contributed by atoms with E-state index in [9.17, 15) is 9.50 Å². The van der Waals surface area contributed by atoms with Crippen LogP contribution in [0, 0.1) is 17.1 Å². The van der Waals surface area contributed by atoms with Crippen LogP contribution in [0.5, 0.6) is 5.75 Å². The van der Waals surface area contributed by atoms with Crippen molar-refractivity contribution in [2.75, 3.05) is 0 Å². The molecule has 2 unspecified atom stereocenters. The molecule has 0 amide bonds. The van der Waals surface area contributed by atoms with Gasteiger partial charge in [-0.2, -0.15) is 5.26 Å². The molecule has 1 fully saturated rings. The van der Waals surface area contributed by atoms with Crippen molar-refractivity contribution < 1.29 is 14.2 Å². The normalized spacial score (nSPS) is 24.1. The molecule has 0 aliphatic heterocycles. The first-order valence-electron chi connectivity index (χ1n) is 5.25. The number of halogens is 1. The molecule has 0 aromatic heterocycles. The van der Waals surface area contributed by atoms with Gasteiger partial charge in [-0.15, -0.1) is 0 Å². The van der Waals surface area contributed by atoms with Crippen molar-refractivity contribution in [3.63, 3.8) is 0 Å². The topological polar surface area (TPSA) is 53.2 Å². The minimum atomic E-state index is -0.590. The summed E-state index contributed by atoms with van der Waals surface area (Å²) in [5, 5.41) is 18.1. The van der Waals surface area contributed by atoms with Crippen LogP contribution in [0.25, 0.3) is 0 Å². The summed E-state index contributed by atoms with van der Waals surface area (Å²) in [5.41, 5.74) is -0.000629. The summed E-state index contributed by atoms with van der Waals surface area (Å²) in [7, 11) is 0. The van der Waals surface area contributed by atoms with Crippen molar-refractivity contribution in [3.05, 3.63) is 29.6 Å². The molecule has 1 aromatic carbocycles. The average Bonchev–Trinajstić information content (AvgIpc) is 2.65. The van der Waals surface area contributed by atoms with E-state index >= 15 is 0 Å². The molecule has 3 nitrogen and oxygen atoms in total. The van der Waals surface area contributed by atoms with Crippen LogP contribution in [-0.4, -0.2) is 17.3 Å². The first kappa shape index (κ1) is 10.9. The lowest BCUT2D eigenvalue weighted by molar-refractivity contribution is 0.0602. The van der Waals surface area contributed by atoms with Gasteiger partial charge < -0.3 is 9.84 Å². The number of aliphatic hydroxyl groups excluding tert-OH is 1. The molecule has 2 atom stereocenters. The molecule has 1 aliphatic rings. The van der Waals surface area contributed by atoms with Gasteiger partial charge in [0.05, 0.1) is 11.7 Å². The van der Waals surface area contributed by atoms with Crippen LogP contribution in [0.2, 0.25) is 0 Å². The Morgan fingerprint density at radius 1 is 1.44 bits per heavy atom. The van der Waals surface area contributed by atoms with E-state index in [0.29, 0.717) is 5.75 Å². The van der Waals surface area contributed by atoms with Crippen LogP contribution in [0.1, 0.15) is 24.8 Å². The van der Waals surface area contributed by atoms with Gasteiger partial charge in [-0.05, 0) is 31.4 Å². The number of aliphatic hydroxyl groups is 1. The van der Waals surface area contributed by atoms with E-state index in [1.54, 1.807) is 12.1 Å². The van der Waals surface area contributed by atoms with Crippen molar-refractivity contribution in [2.24, 2.45) is 0 Å². The molecule has 1 N–H and O–H groups in total. The smallest absolute Gasteiger partial charge is 0.144 e. The van der Waals surface area contributed by atoms with Gasteiger partial charge in [-0.1, -0.05) is 0 Å². The summed E-state index contributed by atoms with van der Waals surface area (Å²) < 4.78 is 18.7. The van der Waals surface area contributed by atoms with Crippen molar-refractivity contribution in [1.82, 2.24) is 0 Å². The van der Waals surface area contributed by atoms with Crippen LogP contribution in [0.3, 0.4) is 0 Å². The fourth-order valence-corrected chi connectivity index (χ4v) is 1.88. The van der Waals surface area contributed by atoms with Gasteiger partial charge in [-0.25, -0.2) is 4.39 Å². The number of nitriles is 1. The largest absolute Gasteiger partial charge is 0.488 e. The van der Waals surface area contributed by atoms with Crippen LogP contribution in [-0.2, 0) is 0 Å². The second-order valence-corrected chi connectivity index (χ2v) is 3.91.